The predicted octanol–water partition coefficient (Wildman–Crippen LogP) is 2.07. The Morgan fingerprint density at radius 2 is 2.20 bits per heavy atom. The molecule has 0 atom stereocenters. The summed E-state index contributed by atoms with van der Waals surface area (Å²) in [6.07, 6.45) is 5.76. The molecule has 0 bridgehead atoms. The lowest BCUT2D eigenvalue weighted by Crippen LogP contribution is -2.23. The van der Waals surface area contributed by atoms with Crippen LogP contribution in [0.1, 0.15) is 35.4 Å². The van der Waals surface area contributed by atoms with Crippen molar-refractivity contribution < 1.29 is 4.79 Å². The normalized spacial score (nSPS) is 10.2. The number of carbonyl (C=O) groups is 1. The van der Waals surface area contributed by atoms with Gasteiger partial charge in [0.05, 0.1) is 6.20 Å². The second kappa shape index (κ2) is 7.59. The Hall–Kier alpha value is -0.680. The molecule has 0 aliphatic carbocycles. The molecule has 15 heavy (non-hydrogen) atoms. The zero-order valence-electron chi connectivity index (χ0n) is 8.41. The highest BCUT2D eigenvalue weighted by Crippen LogP contribution is 2.02. The average molecular weight is 248 g/mol. The Balaban J connectivity index is 2.03. The average Bonchev–Trinajstić information content (AvgIpc) is 2.76. The molecule has 1 rings (SSSR count). The molecule has 84 valence electrons. The van der Waals surface area contributed by atoms with E-state index in [0.717, 1.165) is 43.1 Å². The van der Waals surface area contributed by atoms with E-state index in [1.165, 1.54) is 6.20 Å². The van der Waals surface area contributed by atoms with Crippen molar-refractivity contribution in [2.45, 2.75) is 25.7 Å². The number of rotatable bonds is 7. The van der Waals surface area contributed by atoms with Gasteiger partial charge in [-0.3, -0.25) is 4.79 Å². The summed E-state index contributed by atoms with van der Waals surface area (Å²) < 4.78 is 3.63. The molecule has 1 N–H and O–H groups in total. The van der Waals surface area contributed by atoms with E-state index >= 15 is 0 Å². The van der Waals surface area contributed by atoms with Crippen LogP contribution < -0.4 is 5.32 Å². The highest BCUT2D eigenvalue weighted by atomic mass is 35.5. The largest absolute Gasteiger partial charge is 0.351 e. The summed E-state index contributed by atoms with van der Waals surface area (Å²) in [5, 5.41) is 6.43. The van der Waals surface area contributed by atoms with E-state index in [1.54, 1.807) is 0 Å². The van der Waals surface area contributed by atoms with Crippen molar-refractivity contribution in [2.24, 2.45) is 0 Å². The van der Waals surface area contributed by atoms with Gasteiger partial charge >= 0.3 is 0 Å². The summed E-state index contributed by atoms with van der Waals surface area (Å²) in [5.41, 5.74) is 0. The molecular formula is C9H14ClN3OS. The highest BCUT2D eigenvalue weighted by Gasteiger charge is 2.06. The summed E-state index contributed by atoms with van der Waals surface area (Å²) in [4.78, 5) is 12.0. The second-order valence-electron chi connectivity index (χ2n) is 3.14. The van der Waals surface area contributed by atoms with Crippen molar-refractivity contribution in [2.75, 3.05) is 12.4 Å². The van der Waals surface area contributed by atoms with Crippen LogP contribution in [0.3, 0.4) is 0 Å². The first-order chi connectivity index (χ1) is 7.34. The monoisotopic (exact) mass is 247 g/mol. The maximum atomic E-state index is 11.4. The standard InChI is InChI=1S/C9H14ClN3OS/c10-5-3-1-2-4-6-11-9(14)8-7-12-13-15-8/h7H,1-6H2,(H,11,14). The van der Waals surface area contributed by atoms with Gasteiger partial charge in [0, 0.05) is 12.4 Å². The van der Waals surface area contributed by atoms with Gasteiger partial charge in [0.2, 0.25) is 0 Å². The quantitative estimate of drug-likeness (QED) is 0.593. The number of unbranched alkanes of at least 4 members (excludes halogenated alkanes) is 3. The van der Waals surface area contributed by atoms with E-state index in [0.29, 0.717) is 11.4 Å². The van der Waals surface area contributed by atoms with Gasteiger partial charge < -0.3 is 5.32 Å². The fraction of sp³-hybridized carbons (Fsp3) is 0.667. The molecule has 1 aromatic heterocycles. The summed E-state index contributed by atoms with van der Waals surface area (Å²) in [6, 6.07) is 0. The van der Waals surface area contributed by atoms with Crippen LogP contribution in [0.2, 0.25) is 0 Å². The number of alkyl halides is 1. The van der Waals surface area contributed by atoms with Crippen molar-refractivity contribution in [1.82, 2.24) is 14.9 Å². The molecule has 4 nitrogen and oxygen atoms in total. The van der Waals surface area contributed by atoms with E-state index in [4.69, 9.17) is 11.6 Å². The zero-order valence-corrected chi connectivity index (χ0v) is 9.98. The molecule has 0 fully saturated rings. The number of halogens is 1. The van der Waals surface area contributed by atoms with Gasteiger partial charge in [0.25, 0.3) is 5.91 Å². The van der Waals surface area contributed by atoms with Crippen molar-refractivity contribution in [3.63, 3.8) is 0 Å². The molecule has 0 aliphatic heterocycles. The molecule has 0 unspecified atom stereocenters. The summed E-state index contributed by atoms with van der Waals surface area (Å²) in [6.45, 7) is 0.707. The van der Waals surface area contributed by atoms with Gasteiger partial charge in [-0.2, -0.15) is 0 Å². The Morgan fingerprint density at radius 3 is 2.87 bits per heavy atom. The van der Waals surface area contributed by atoms with Crippen molar-refractivity contribution >= 4 is 29.0 Å². The van der Waals surface area contributed by atoms with Crippen LogP contribution in [-0.4, -0.2) is 27.9 Å². The van der Waals surface area contributed by atoms with E-state index in [-0.39, 0.29) is 5.91 Å². The molecule has 0 radical (unpaired) electrons. The van der Waals surface area contributed by atoms with E-state index in [2.05, 4.69) is 14.9 Å². The molecular weight excluding hydrogens is 234 g/mol. The van der Waals surface area contributed by atoms with Crippen molar-refractivity contribution in [3.8, 4) is 0 Å². The van der Waals surface area contributed by atoms with Gasteiger partial charge in [-0.05, 0) is 24.4 Å². The zero-order chi connectivity index (χ0) is 10.9. The SMILES string of the molecule is O=C(NCCCCCCCl)c1cnns1. The van der Waals surface area contributed by atoms with Gasteiger partial charge in [0.1, 0.15) is 4.88 Å². The molecule has 1 aromatic rings. The number of carbonyl (C=O) groups excluding carboxylic acids is 1. The van der Waals surface area contributed by atoms with Crippen LogP contribution in [0.25, 0.3) is 0 Å². The molecule has 0 saturated carbocycles. The van der Waals surface area contributed by atoms with Crippen LogP contribution in [0.4, 0.5) is 0 Å². The molecule has 0 aliphatic rings. The van der Waals surface area contributed by atoms with E-state index in [9.17, 15) is 4.79 Å². The number of aromatic nitrogens is 2. The van der Waals surface area contributed by atoms with Crippen molar-refractivity contribution in [1.29, 1.82) is 0 Å². The maximum Gasteiger partial charge on any atom is 0.264 e. The third-order valence-electron chi connectivity index (χ3n) is 1.93. The molecule has 0 spiro atoms. The van der Waals surface area contributed by atoms with Gasteiger partial charge in [-0.15, -0.1) is 16.7 Å². The van der Waals surface area contributed by atoms with Crippen LogP contribution in [-0.2, 0) is 0 Å². The lowest BCUT2D eigenvalue weighted by atomic mass is 10.2. The minimum atomic E-state index is -0.0812. The maximum absolute atomic E-state index is 11.4. The lowest BCUT2D eigenvalue weighted by molar-refractivity contribution is 0.0957. The number of hydrogen-bond acceptors (Lipinski definition) is 4. The van der Waals surface area contributed by atoms with E-state index < -0.39 is 0 Å². The first-order valence-corrected chi connectivity index (χ1v) is 6.27. The number of hydrogen-bond donors (Lipinski definition) is 1. The van der Waals surface area contributed by atoms with Gasteiger partial charge in [0.15, 0.2) is 0 Å². The minimum Gasteiger partial charge on any atom is -0.351 e. The highest BCUT2D eigenvalue weighted by molar-refractivity contribution is 7.07. The fourth-order valence-corrected chi connectivity index (χ4v) is 1.75. The molecule has 0 saturated heterocycles. The third kappa shape index (κ3) is 5.09. The van der Waals surface area contributed by atoms with Gasteiger partial charge in [-0.25, -0.2) is 0 Å². The fourth-order valence-electron chi connectivity index (χ4n) is 1.13. The summed E-state index contributed by atoms with van der Waals surface area (Å²) in [5.74, 6) is 0.640. The smallest absolute Gasteiger partial charge is 0.264 e. The second-order valence-corrected chi connectivity index (χ2v) is 4.30. The Bertz CT molecular complexity index is 279. The Morgan fingerprint density at radius 1 is 1.40 bits per heavy atom. The Labute approximate surface area is 98.2 Å². The number of amides is 1. The van der Waals surface area contributed by atoms with Crippen LogP contribution >= 0.6 is 23.1 Å². The van der Waals surface area contributed by atoms with Crippen LogP contribution in [0.15, 0.2) is 6.20 Å². The van der Waals surface area contributed by atoms with E-state index in [1.807, 2.05) is 0 Å². The van der Waals surface area contributed by atoms with Gasteiger partial charge in [-0.1, -0.05) is 17.3 Å². The van der Waals surface area contributed by atoms with Crippen molar-refractivity contribution in [3.05, 3.63) is 11.1 Å². The first-order valence-electron chi connectivity index (χ1n) is 4.96. The van der Waals surface area contributed by atoms with Crippen LogP contribution in [0.5, 0.6) is 0 Å². The molecule has 6 heteroatoms. The summed E-state index contributed by atoms with van der Waals surface area (Å²) >= 11 is 6.66. The summed E-state index contributed by atoms with van der Waals surface area (Å²) in [7, 11) is 0. The van der Waals surface area contributed by atoms with Crippen LogP contribution in [0, 0.1) is 0 Å². The molecule has 1 amide bonds. The predicted molar refractivity (Wildman–Crippen MR) is 61.4 cm³/mol. The molecule has 0 aromatic carbocycles. The Kier molecular flexibility index (Phi) is 6.27. The number of nitrogens with zero attached hydrogens (tertiary/aromatic N) is 2. The lowest BCUT2D eigenvalue weighted by Gasteiger charge is -2.02. The minimum absolute atomic E-state index is 0.0812. The first kappa shape index (κ1) is 12.4. The topological polar surface area (TPSA) is 54.9 Å². The number of nitrogens with one attached hydrogen (secondary N) is 1. The molecule has 1 heterocycles. The third-order valence-corrected chi connectivity index (χ3v) is 2.86.